The average Bonchev–Trinajstić information content (AvgIpc) is 3.35. The van der Waals surface area contributed by atoms with Gasteiger partial charge in [0.1, 0.15) is 10.7 Å². The molecule has 112 valence electrons. The molecule has 1 aliphatic heterocycles. The normalized spacial score (nSPS) is 18.0. The Kier molecular flexibility index (Phi) is 3.82. The average molecular weight is 347 g/mol. The predicted molar refractivity (Wildman–Crippen MR) is 92.8 cm³/mol. The number of thiazole rings is 1. The zero-order valence-electron chi connectivity index (χ0n) is 11.8. The number of amides is 1. The van der Waals surface area contributed by atoms with Crippen molar-refractivity contribution in [2.75, 3.05) is 6.54 Å². The Morgan fingerprint density at radius 3 is 2.82 bits per heavy atom. The molecule has 1 amide bonds. The third-order valence-electron chi connectivity index (χ3n) is 3.93. The molecule has 6 heteroatoms. The first kappa shape index (κ1) is 14.1. The van der Waals surface area contributed by atoms with Gasteiger partial charge in [-0.25, -0.2) is 4.98 Å². The van der Waals surface area contributed by atoms with E-state index in [1.165, 1.54) is 5.56 Å². The number of likely N-dealkylation sites (tertiary alicyclic amines) is 1. The molecule has 0 aliphatic carbocycles. The van der Waals surface area contributed by atoms with Crippen LogP contribution >= 0.6 is 34.0 Å². The van der Waals surface area contributed by atoms with Crippen LogP contribution in [0.2, 0.25) is 0 Å². The number of rotatable bonds is 3. The maximum absolute atomic E-state index is 12.8. The number of hydrogen-bond donors (Lipinski definition) is 0. The molecule has 0 saturated carbocycles. The van der Waals surface area contributed by atoms with E-state index in [1.807, 2.05) is 21.7 Å². The van der Waals surface area contributed by atoms with E-state index in [4.69, 9.17) is 0 Å². The van der Waals surface area contributed by atoms with E-state index >= 15 is 0 Å². The Balaban J connectivity index is 1.59. The smallest absolute Gasteiger partial charge is 0.273 e. The van der Waals surface area contributed by atoms with E-state index in [0.29, 0.717) is 5.69 Å². The first-order valence-corrected chi connectivity index (χ1v) is 9.90. The van der Waals surface area contributed by atoms with E-state index in [2.05, 4.69) is 27.2 Å². The first-order valence-electron chi connectivity index (χ1n) is 7.14. The van der Waals surface area contributed by atoms with Crippen molar-refractivity contribution in [3.8, 4) is 10.6 Å². The van der Waals surface area contributed by atoms with Gasteiger partial charge in [-0.1, -0.05) is 0 Å². The Morgan fingerprint density at radius 1 is 1.18 bits per heavy atom. The van der Waals surface area contributed by atoms with Gasteiger partial charge in [0, 0.05) is 22.9 Å². The highest BCUT2D eigenvalue weighted by Gasteiger charge is 2.31. The second kappa shape index (κ2) is 5.95. The van der Waals surface area contributed by atoms with Crippen LogP contribution in [-0.2, 0) is 0 Å². The van der Waals surface area contributed by atoms with Gasteiger partial charge in [-0.2, -0.15) is 22.7 Å². The molecule has 3 nitrogen and oxygen atoms in total. The van der Waals surface area contributed by atoms with Crippen molar-refractivity contribution < 1.29 is 4.79 Å². The van der Waals surface area contributed by atoms with Crippen molar-refractivity contribution in [3.05, 3.63) is 50.3 Å². The van der Waals surface area contributed by atoms with Crippen LogP contribution in [-0.4, -0.2) is 22.3 Å². The molecule has 1 unspecified atom stereocenters. The van der Waals surface area contributed by atoms with E-state index < -0.39 is 0 Å². The van der Waals surface area contributed by atoms with E-state index in [0.717, 1.165) is 30.0 Å². The van der Waals surface area contributed by atoms with Crippen molar-refractivity contribution in [2.24, 2.45) is 0 Å². The lowest BCUT2D eigenvalue weighted by molar-refractivity contribution is 0.0731. The first-order chi connectivity index (χ1) is 10.8. The van der Waals surface area contributed by atoms with Gasteiger partial charge in [-0.15, -0.1) is 11.3 Å². The van der Waals surface area contributed by atoms with Crippen molar-refractivity contribution >= 4 is 39.9 Å². The summed E-state index contributed by atoms with van der Waals surface area (Å²) in [4.78, 5) is 19.3. The lowest BCUT2D eigenvalue weighted by Gasteiger charge is -2.23. The third-order valence-corrected chi connectivity index (χ3v) is 6.21. The molecule has 1 aliphatic rings. The van der Waals surface area contributed by atoms with Crippen LogP contribution in [0.1, 0.15) is 34.9 Å². The molecule has 4 rings (SSSR count). The highest BCUT2D eigenvalue weighted by Crippen LogP contribution is 2.35. The molecule has 0 N–H and O–H groups in total. The molecule has 0 spiro atoms. The standard InChI is InChI=1S/C16H14N2OS3/c19-16(13-10-22-15(17-13)12-4-7-21-9-12)18-5-1-2-14(18)11-3-6-20-8-11/h3-4,6-10,14H,1-2,5H2. The lowest BCUT2D eigenvalue weighted by atomic mass is 10.1. The van der Waals surface area contributed by atoms with Crippen molar-refractivity contribution in [1.29, 1.82) is 0 Å². The number of thiophene rings is 2. The maximum atomic E-state index is 12.8. The predicted octanol–water partition coefficient (Wildman–Crippen LogP) is 4.91. The van der Waals surface area contributed by atoms with E-state index in [1.54, 1.807) is 34.0 Å². The van der Waals surface area contributed by atoms with Crippen LogP contribution in [0.25, 0.3) is 10.6 Å². The number of carbonyl (C=O) groups is 1. The van der Waals surface area contributed by atoms with Crippen LogP contribution in [0.15, 0.2) is 39.0 Å². The fourth-order valence-corrected chi connectivity index (χ4v) is 5.07. The fourth-order valence-electron chi connectivity index (χ4n) is 2.86. The molecule has 22 heavy (non-hydrogen) atoms. The molecule has 0 bridgehead atoms. The zero-order valence-corrected chi connectivity index (χ0v) is 14.2. The molecular weight excluding hydrogens is 332 g/mol. The quantitative estimate of drug-likeness (QED) is 0.675. The summed E-state index contributed by atoms with van der Waals surface area (Å²) in [5, 5.41) is 11.1. The van der Waals surface area contributed by atoms with Crippen molar-refractivity contribution in [1.82, 2.24) is 9.88 Å². The summed E-state index contributed by atoms with van der Waals surface area (Å²) in [7, 11) is 0. The van der Waals surface area contributed by atoms with Gasteiger partial charge in [-0.05, 0) is 46.7 Å². The van der Waals surface area contributed by atoms with Gasteiger partial charge >= 0.3 is 0 Å². The second-order valence-electron chi connectivity index (χ2n) is 5.26. The molecule has 1 saturated heterocycles. The monoisotopic (exact) mass is 346 g/mol. The number of carbonyl (C=O) groups excluding carboxylic acids is 1. The van der Waals surface area contributed by atoms with Crippen LogP contribution in [0, 0.1) is 0 Å². The van der Waals surface area contributed by atoms with Crippen molar-refractivity contribution in [2.45, 2.75) is 18.9 Å². The summed E-state index contributed by atoms with van der Waals surface area (Å²) >= 11 is 4.88. The number of nitrogens with zero attached hydrogens (tertiary/aromatic N) is 2. The Morgan fingerprint density at radius 2 is 2.05 bits per heavy atom. The van der Waals surface area contributed by atoms with Crippen LogP contribution in [0.5, 0.6) is 0 Å². The molecule has 0 aromatic carbocycles. The summed E-state index contributed by atoms with van der Waals surface area (Å²) in [6, 6.07) is 4.38. The van der Waals surface area contributed by atoms with Gasteiger partial charge in [0.05, 0.1) is 6.04 Å². The van der Waals surface area contributed by atoms with Gasteiger partial charge in [0.2, 0.25) is 0 Å². The van der Waals surface area contributed by atoms with Gasteiger partial charge in [-0.3, -0.25) is 4.79 Å². The minimum Gasteiger partial charge on any atom is -0.330 e. The maximum Gasteiger partial charge on any atom is 0.273 e. The summed E-state index contributed by atoms with van der Waals surface area (Å²) < 4.78 is 0. The minimum absolute atomic E-state index is 0.0615. The van der Waals surface area contributed by atoms with Crippen LogP contribution in [0.4, 0.5) is 0 Å². The second-order valence-corrected chi connectivity index (χ2v) is 7.68. The zero-order chi connectivity index (χ0) is 14.9. The van der Waals surface area contributed by atoms with Gasteiger partial charge < -0.3 is 4.90 Å². The largest absolute Gasteiger partial charge is 0.330 e. The molecule has 0 radical (unpaired) electrons. The summed E-state index contributed by atoms with van der Waals surface area (Å²) in [6.07, 6.45) is 2.11. The Bertz CT molecular complexity index is 761. The minimum atomic E-state index is 0.0615. The van der Waals surface area contributed by atoms with E-state index in [-0.39, 0.29) is 11.9 Å². The van der Waals surface area contributed by atoms with Crippen LogP contribution < -0.4 is 0 Å². The molecular formula is C16H14N2OS3. The summed E-state index contributed by atoms with van der Waals surface area (Å²) in [5.74, 6) is 0.0615. The van der Waals surface area contributed by atoms with Crippen molar-refractivity contribution in [3.63, 3.8) is 0 Å². The van der Waals surface area contributed by atoms with Gasteiger partial charge in [0.15, 0.2) is 0 Å². The highest BCUT2D eigenvalue weighted by atomic mass is 32.1. The fraction of sp³-hybridized carbons (Fsp3) is 0.250. The SMILES string of the molecule is O=C(c1csc(-c2ccsc2)n1)N1CCCC1c1ccsc1. The third kappa shape index (κ3) is 2.51. The Labute approximate surface area is 140 Å². The Hall–Kier alpha value is -1.50. The molecule has 4 heterocycles. The molecule has 1 fully saturated rings. The topological polar surface area (TPSA) is 33.2 Å². The molecule has 3 aromatic rings. The summed E-state index contributed by atoms with van der Waals surface area (Å²) in [6.45, 7) is 0.824. The lowest BCUT2D eigenvalue weighted by Crippen LogP contribution is -2.30. The van der Waals surface area contributed by atoms with Gasteiger partial charge in [0.25, 0.3) is 5.91 Å². The number of aromatic nitrogens is 1. The highest BCUT2D eigenvalue weighted by molar-refractivity contribution is 7.14. The summed E-state index contributed by atoms with van der Waals surface area (Å²) in [5.41, 5.74) is 2.93. The van der Waals surface area contributed by atoms with Crippen LogP contribution in [0.3, 0.4) is 0 Å². The molecule has 3 aromatic heterocycles. The van der Waals surface area contributed by atoms with E-state index in [9.17, 15) is 4.79 Å². The molecule has 1 atom stereocenters. The number of hydrogen-bond acceptors (Lipinski definition) is 5.